The number of ether oxygens (including phenoxy) is 1. The Morgan fingerprint density at radius 1 is 1.14 bits per heavy atom. The average Bonchev–Trinajstić information content (AvgIpc) is 2.68. The van der Waals surface area contributed by atoms with Gasteiger partial charge in [-0.25, -0.2) is 13.1 Å². The third kappa shape index (κ3) is 5.84. The van der Waals surface area contributed by atoms with Crippen LogP contribution in [0.3, 0.4) is 0 Å². The second-order valence-electron chi connectivity index (χ2n) is 5.70. The molecular weight excluding hydrogens is 386 g/mol. The summed E-state index contributed by atoms with van der Waals surface area (Å²) in [5.41, 5.74) is -0.0749. The summed E-state index contributed by atoms with van der Waals surface area (Å²) in [6.07, 6.45) is 0.553. The number of hydrogen-bond donors (Lipinski definition) is 2. The Balaban J connectivity index is 2.03. The molecule has 0 heterocycles. The molecule has 0 aliphatic rings. The summed E-state index contributed by atoms with van der Waals surface area (Å²) < 4.78 is 32.1. The van der Waals surface area contributed by atoms with Crippen molar-refractivity contribution >= 4 is 27.3 Å². The number of anilines is 1. The van der Waals surface area contributed by atoms with Crippen LogP contribution in [0.1, 0.15) is 23.7 Å². The maximum absolute atomic E-state index is 12.3. The lowest BCUT2D eigenvalue weighted by molar-refractivity contribution is -0.385. The van der Waals surface area contributed by atoms with Crippen LogP contribution in [0.2, 0.25) is 0 Å². The maximum atomic E-state index is 12.3. The molecule has 2 aromatic rings. The molecule has 0 unspecified atom stereocenters. The van der Waals surface area contributed by atoms with Crippen molar-refractivity contribution in [3.8, 4) is 0 Å². The van der Waals surface area contributed by atoms with Crippen LogP contribution in [-0.2, 0) is 14.8 Å². The van der Waals surface area contributed by atoms with Crippen LogP contribution < -0.4 is 10.0 Å². The summed E-state index contributed by atoms with van der Waals surface area (Å²) in [6.45, 7) is 3.15. The molecule has 0 atom stereocenters. The van der Waals surface area contributed by atoms with Crippen LogP contribution in [0, 0.1) is 10.1 Å². The molecule has 2 rings (SSSR count). The number of carbonyl (C=O) groups is 1. The van der Waals surface area contributed by atoms with Gasteiger partial charge in [0.05, 0.1) is 9.82 Å². The van der Waals surface area contributed by atoms with E-state index in [2.05, 4.69) is 10.0 Å². The summed E-state index contributed by atoms with van der Waals surface area (Å²) in [5.74, 6) is -0.656. The van der Waals surface area contributed by atoms with Gasteiger partial charge in [0, 0.05) is 31.5 Å². The molecule has 150 valence electrons. The van der Waals surface area contributed by atoms with Crippen LogP contribution in [0.5, 0.6) is 0 Å². The molecule has 0 bridgehead atoms. The average molecular weight is 407 g/mol. The van der Waals surface area contributed by atoms with Crippen molar-refractivity contribution in [3.05, 3.63) is 64.2 Å². The number of carbonyl (C=O) groups excluding carboxylic acids is 1. The van der Waals surface area contributed by atoms with Gasteiger partial charge < -0.3 is 10.1 Å². The van der Waals surface area contributed by atoms with Gasteiger partial charge in [-0.05, 0) is 43.7 Å². The van der Waals surface area contributed by atoms with E-state index >= 15 is 0 Å². The van der Waals surface area contributed by atoms with Gasteiger partial charge in [0.25, 0.3) is 11.6 Å². The SMILES string of the molecule is CCOCCCNS(=O)(=O)c1ccc(NC(=O)c2ccccc2[N+](=O)[O-])cc1. The van der Waals surface area contributed by atoms with Gasteiger partial charge in [-0.15, -0.1) is 0 Å². The van der Waals surface area contributed by atoms with Gasteiger partial charge >= 0.3 is 0 Å². The zero-order valence-electron chi connectivity index (χ0n) is 15.3. The van der Waals surface area contributed by atoms with Crippen LogP contribution in [0.15, 0.2) is 53.4 Å². The molecule has 9 nitrogen and oxygen atoms in total. The highest BCUT2D eigenvalue weighted by molar-refractivity contribution is 7.89. The molecule has 0 aliphatic heterocycles. The molecule has 1 amide bonds. The number of nitro benzene ring substituents is 1. The standard InChI is InChI=1S/C18H21N3O6S/c1-2-27-13-5-12-19-28(25,26)15-10-8-14(9-11-15)20-18(22)16-6-3-4-7-17(16)21(23)24/h3-4,6-11,19H,2,5,12-13H2,1H3,(H,20,22). The molecule has 0 aromatic heterocycles. The Kier molecular flexibility index (Phi) is 7.61. The summed E-state index contributed by atoms with van der Waals surface area (Å²) >= 11 is 0. The van der Waals surface area contributed by atoms with Crippen molar-refractivity contribution in [2.24, 2.45) is 0 Å². The molecule has 2 aromatic carbocycles. The molecule has 0 saturated heterocycles. The third-order valence-corrected chi connectivity index (χ3v) is 5.21. The smallest absolute Gasteiger partial charge is 0.282 e. The predicted octanol–water partition coefficient (Wildman–Crippen LogP) is 2.55. The van der Waals surface area contributed by atoms with Crippen LogP contribution in [0.4, 0.5) is 11.4 Å². The molecule has 28 heavy (non-hydrogen) atoms. The molecule has 0 saturated carbocycles. The van der Waals surface area contributed by atoms with E-state index in [9.17, 15) is 23.3 Å². The molecule has 0 aliphatic carbocycles. The summed E-state index contributed by atoms with van der Waals surface area (Å²) in [5, 5.41) is 13.5. The van der Waals surface area contributed by atoms with Crippen molar-refractivity contribution in [1.82, 2.24) is 4.72 Å². The Labute approximate surface area is 162 Å². The number of para-hydroxylation sites is 1. The topological polar surface area (TPSA) is 128 Å². The normalized spacial score (nSPS) is 11.2. The number of nitro groups is 1. The second-order valence-corrected chi connectivity index (χ2v) is 7.47. The minimum atomic E-state index is -3.67. The first-order valence-corrected chi connectivity index (χ1v) is 10.1. The Morgan fingerprint density at radius 3 is 2.46 bits per heavy atom. The maximum Gasteiger partial charge on any atom is 0.282 e. The number of nitrogens with zero attached hydrogens (tertiary/aromatic N) is 1. The van der Waals surface area contributed by atoms with Crippen molar-refractivity contribution in [2.45, 2.75) is 18.2 Å². The van der Waals surface area contributed by atoms with Crippen LogP contribution in [-0.4, -0.2) is 39.0 Å². The van der Waals surface area contributed by atoms with E-state index in [-0.39, 0.29) is 22.7 Å². The first-order chi connectivity index (χ1) is 13.3. The molecule has 2 N–H and O–H groups in total. The van der Waals surface area contributed by atoms with E-state index in [1.54, 1.807) is 0 Å². The number of nitrogens with one attached hydrogen (secondary N) is 2. The van der Waals surface area contributed by atoms with Crippen molar-refractivity contribution in [3.63, 3.8) is 0 Å². The monoisotopic (exact) mass is 407 g/mol. The Morgan fingerprint density at radius 2 is 1.82 bits per heavy atom. The van der Waals surface area contributed by atoms with E-state index < -0.39 is 20.9 Å². The van der Waals surface area contributed by atoms with Crippen molar-refractivity contribution in [1.29, 1.82) is 0 Å². The summed E-state index contributed by atoms with van der Waals surface area (Å²) in [7, 11) is -3.67. The minimum absolute atomic E-state index is 0.0487. The Hall–Kier alpha value is -2.82. The fraction of sp³-hybridized carbons (Fsp3) is 0.278. The highest BCUT2D eigenvalue weighted by atomic mass is 32.2. The first kappa shape index (κ1) is 21.5. The molecule has 0 fully saturated rings. The number of benzene rings is 2. The molecular formula is C18H21N3O6S. The number of sulfonamides is 1. The van der Waals surface area contributed by atoms with Gasteiger partial charge in [-0.1, -0.05) is 12.1 Å². The zero-order chi connectivity index (χ0) is 20.6. The number of rotatable bonds is 10. The predicted molar refractivity (Wildman–Crippen MR) is 104 cm³/mol. The lowest BCUT2D eigenvalue weighted by atomic mass is 10.1. The fourth-order valence-corrected chi connectivity index (χ4v) is 3.42. The highest BCUT2D eigenvalue weighted by Crippen LogP contribution is 2.20. The molecule has 0 spiro atoms. The lowest BCUT2D eigenvalue weighted by Gasteiger charge is -2.09. The highest BCUT2D eigenvalue weighted by Gasteiger charge is 2.19. The Bertz CT molecular complexity index is 929. The van der Waals surface area contributed by atoms with Crippen molar-refractivity contribution < 1.29 is 22.9 Å². The second kappa shape index (κ2) is 9.93. The van der Waals surface area contributed by atoms with Crippen molar-refractivity contribution in [2.75, 3.05) is 25.1 Å². The summed E-state index contributed by atoms with van der Waals surface area (Å²) in [4.78, 5) is 22.7. The van der Waals surface area contributed by atoms with E-state index in [1.807, 2.05) is 6.92 Å². The van der Waals surface area contributed by atoms with E-state index in [0.29, 0.717) is 25.3 Å². The van der Waals surface area contributed by atoms with Gasteiger partial charge in [-0.2, -0.15) is 0 Å². The number of amides is 1. The van der Waals surface area contributed by atoms with Gasteiger partial charge in [0.2, 0.25) is 10.0 Å². The van der Waals surface area contributed by atoms with E-state index in [1.165, 1.54) is 48.5 Å². The van der Waals surface area contributed by atoms with E-state index in [4.69, 9.17) is 4.74 Å². The minimum Gasteiger partial charge on any atom is -0.382 e. The number of hydrogen-bond acceptors (Lipinski definition) is 6. The van der Waals surface area contributed by atoms with Crippen LogP contribution >= 0.6 is 0 Å². The lowest BCUT2D eigenvalue weighted by Crippen LogP contribution is -2.25. The first-order valence-electron chi connectivity index (χ1n) is 8.57. The van der Waals surface area contributed by atoms with Gasteiger partial charge in [0.1, 0.15) is 5.56 Å². The largest absolute Gasteiger partial charge is 0.382 e. The van der Waals surface area contributed by atoms with Crippen LogP contribution in [0.25, 0.3) is 0 Å². The van der Waals surface area contributed by atoms with E-state index in [0.717, 1.165) is 0 Å². The summed E-state index contributed by atoms with van der Waals surface area (Å²) in [6, 6.07) is 11.1. The van der Waals surface area contributed by atoms with Gasteiger partial charge in [0.15, 0.2) is 0 Å². The molecule has 0 radical (unpaired) electrons. The quantitative estimate of drug-likeness (QED) is 0.354. The third-order valence-electron chi connectivity index (χ3n) is 3.73. The zero-order valence-corrected chi connectivity index (χ0v) is 16.1. The van der Waals surface area contributed by atoms with Gasteiger partial charge in [-0.3, -0.25) is 14.9 Å². The fourth-order valence-electron chi connectivity index (χ4n) is 2.35. The molecule has 10 heteroatoms.